The van der Waals surface area contributed by atoms with Crippen molar-refractivity contribution in [2.75, 3.05) is 17.2 Å². The third-order valence-electron chi connectivity index (χ3n) is 9.34. The van der Waals surface area contributed by atoms with E-state index in [1.54, 1.807) is 18.6 Å². The minimum Gasteiger partial charge on any atom is -0.405 e. The van der Waals surface area contributed by atoms with E-state index >= 15 is 0 Å². The number of hydrogen-bond acceptors (Lipinski definition) is 7. The molecule has 11 heteroatoms. The van der Waals surface area contributed by atoms with Gasteiger partial charge in [0.25, 0.3) is 8.32 Å². The number of benzene rings is 2. The zero-order chi connectivity index (χ0) is 35.4. The minimum absolute atomic E-state index is 0.114. The summed E-state index contributed by atoms with van der Waals surface area (Å²) >= 11 is 0. The summed E-state index contributed by atoms with van der Waals surface area (Å²) in [5.41, 5.74) is 3.60. The highest BCUT2D eigenvalue weighted by atomic mass is 28.4. The lowest BCUT2D eigenvalue weighted by Crippen LogP contribution is -2.66. The molecule has 0 saturated heterocycles. The van der Waals surface area contributed by atoms with Gasteiger partial charge in [0.1, 0.15) is 23.7 Å². The number of hydrogen-bond donors (Lipinski definition) is 2. The van der Waals surface area contributed by atoms with Gasteiger partial charge >= 0.3 is 6.03 Å². The van der Waals surface area contributed by atoms with Crippen molar-refractivity contribution in [1.82, 2.24) is 29.7 Å². The first-order valence-electron chi connectivity index (χ1n) is 17.3. The van der Waals surface area contributed by atoms with Gasteiger partial charge in [0.15, 0.2) is 5.82 Å². The zero-order valence-corrected chi connectivity index (χ0v) is 30.3. The average molecular weight is 695 g/mol. The molecule has 258 valence electrons. The maximum absolute atomic E-state index is 13.1. The summed E-state index contributed by atoms with van der Waals surface area (Å²) in [6.45, 7) is 9.34. The smallest absolute Gasteiger partial charge is 0.326 e. The van der Waals surface area contributed by atoms with Crippen LogP contribution < -0.4 is 21.0 Å². The number of carbonyl (C=O) groups excluding carboxylic acids is 1. The van der Waals surface area contributed by atoms with E-state index in [1.807, 2.05) is 47.2 Å². The van der Waals surface area contributed by atoms with Crippen LogP contribution in [0.5, 0.6) is 0 Å². The Morgan fingerprint density at radius 1 is 0.863 bits per heavy atom. The van der Waals surface area contributed by atoms with Crippen molar-refractivity contribution >= 4 is 36.4 Å². The maximum atomic E-state index is 13.1. The third kappa shape index (κ3) is 7.35. The lowest BCUT2D eigenvalue weighted by Gasteiger charge is -2.43. The summed E-state index contributed by atoms with van der Waals surface area (Å²) in [7, 11) is -2.74. The highest BCUT2D eigenvalue weighted by Gasteiger charge is 2.50. The van der Waals surface area contributed by atoms with Gasteiger partial charge in [0.2, 0.25) is 0 Å². The van der Waals surface area contributed by atoms with Gasteiger partial charge in [-0.15, -0.1) is 10.2 Å². The second kappa shape index (κ2) is 14.4. The van der Waals surface area contributed by atoms with Gasteiger partial charge in [0, 0.05) is 29.6 Å². The van der Waals surface area contributed by atoms with Crippen molar-refractivity contribution in [3.63, 3.8) is 0 Å². The van der Waals surface area contributed by atoms with Crippen LogP contribution in [0.15, 0.2) is 122 Å². The fraction of sp³-hybridized carbons (Fsp3) is 0.250. The lowest BCUT2D eigenvalue weighted by atomic mass is 10.1. The topological polar surface area (TPSA) is 120 Å². The first-order valence-corrected chi connectivity index (χ1v) is 19.2. The lowest BCUT2D eigenvalue weighted by molar-refractivity contribution is 0.246. The van der Waals surface area contributed by atoms with Crippen LogP contribution in [0.4, 0.5) is 16.4 Å². The summed E-state index contributed by atoms with van der Waals surface area (Å²) < 4.78 is 9.17. The molecular formula is C40H42N8O2Si. The molecule has 10 nitrogen and oxygen atoms in total. The van der Waals surface area contributed by atoms with Crippen LogP contribution in [0.1, 0.15) is 58.2 Å². The number of carbonyl (C=O) groups is 1. The molecule has 2 amide bonds. The van der Waals surface area contributed by atoms with Crippen molar-refractivity contribution in [2.45, 2.75) is 57.5 Å². The number of urea groups is 1. The van der Waals surface area contributed by atoms with Gasteiger partial charge in [-0.25, -0.2) is 14.8 Å². The molecule has 4 heterocycles. The number of amides is 2. The Morgan fingerprint density at radius 3 is 2.22 bits per heavy atom. The van der Waals surface area contributed by atoms with Gasteiger partial charge in [-0.05, 0) is 71.1 Å². The summed E-state index contributed by atoms with van der Waals surface area (Å²) in [5.74, 6) is 1.96. The normalized spacial score (nSPS) is 13.8. The maximum Gasteiger partial charge on any atom is 0.326 e. The summed E-state index contributed by atoms with van der Waals surface area (Å²) in [6, 6.07) is 33.9. The predicted octanol–water partition coefficient (Wildman–Crippen LogP) is 7.46. The molecule has 1 saturated carbocycles. The largest absolute Gasteiger partial charge is 0.405 e. The molecule has 2 aromatic carbocycles. The van der Waals surface area contributed by atoms with E-state index in [4.69, 9.17) is 9.41 Å². The van der Waals surface area contributed by atoms with Crippen molar-refractivity contribution in [2.24, 2.45) is 0 Å². The number of anilines is 2. The van der Waals surface area contributed by atoms with Crippen molar-refractivity contribution in [3.8, 4) is 22.6 Å². The molecule has 51 heavy (non-hydrogen) atoms. The van der Waals surface area contributed by atoms with Crippen molar-refractivity contribution in [1.29, 1.82) is 0 Å². The summed E-state index contributed by atoms with van der Waals surface area (Å²) in [4.78, 5) is 26.7. The van der Waals surface area contributed by atoms with E-state index in [1.165, 1.54) is 23.2 Å². The van der Waals surface area contributed by atoms with Crippen LogP contribution in [0.3, 0.4) is 0 Å². The number of aromatic nitrogens is 6. The Morgan fingerprint density at radius 2 is 1.57 bits per heavy atom. The van der Waals surface area contributed by atoms with Crippen LogP contribution in [-0.2, 0) is 4.43 Å². The molecule has 0 unspecified atom stereocenters. The van der Waals surface area contributed by atoms with Crippen LogP contribution in [-0.4, -0.2) is 50.7 Å². The molecule has 6 aromatic rings. The highest BCUT2D eigenvalue weighted by Crippen LogP contribution is 2.39. The van der Waals surface area contributed by atoms with Crippen molar-refractivity contribution in [3.05, 3.63) is 128 Å². The highest BCUT2D eigenvalue weighted by molar-refractivity contribution is 6.99. The average Bonchev–Trinajstić information content (AvgIpc) is 3.88. The SMILES string of the molecule is C[C@H](CO[Si](c1ccccc1)(c1ccccc1)C(C)(C)C)n1cnnc1-c1cccc(NC(=O)Nc2cc(-c3ccc(C4CC4)nc3)ccn2)n1. The molecule has 4 aromatic heterocycles. The molecule has 1 fully saturated rings. The Balaban J connectivity index is 1.06. The number of rotatable bonds is 11. The summed E-state index contributed by atoms with van der Waals surface area (Å²) in [6.07, 6.45) is 7.67. The molecular weight excluding hydrogens is 653 g/mol. The van der Waals surface area contributed by atoms with Gasteiger partial charge in [-0.1, -0.05) is 93.6 Å². The van der Waals surface area contributed by atoms with E-state index in [0.717, 1.165) is 16.8 Å². The van der Waals surface area contributed by atoms with Crippen LogP contribution in [0.2, 0.25) is 5.04 Å². The summed E-state index contributed by atoms with van der Waals surface area (Å²) in [5, 5.41) is 16.6. The number of pyridine rings is 3. The first-order chi connectivity index (χ1) is 24.7. The van der Waals surface area contributed by atoms with Crippen LogP contribution in [0, 0.1) is 0 Å². The van der Waals surface area contributed by atoms with E-state index in [0.29, 0.717) is 35.7 Å². The quantitative estimate of drug-likeness (QED) is 0.135. The number of nitrogens with one attached hydrogen (secondary N) is 2. The van der Waals surface area contributed by atoms with Gasteiger partial charge in [-0.3, -0.25) is 15.6 Å². The Bertz CT molecular complexity index is 2060. The second-order valence-corrected chi connectivity index (χ2v) is 18.4. The van der Waals surface area contributed by atoms with Gasteiger partial charge in [0.05, 0.1) is 12.6 Å². The van der Waals surface area contributed by atoms with E-state index in [9.17, 15) is 4.79 Å². The Labute approximate surface area is 299 Å². The van der Waals surface area contributed by atoms with E-state index in [-0.39, 0.29) is 11.1 Å². The van der Waals surface area contributed by atoms with E-state index in [2.05, 4.69) is 119 Å². The number of nitrogens with zero attached hydrogens (tertiary/aromatic N) is 6. The third-order valence-corrected chi connectivity index (χ3v) is 14.3. The van der Waals surface area contributed by atoms with Gasteiger partial charge in [-0.2, -0.15) is 0 Å². The monoisotopic (exact) mass is 694 g/mol. The van der Waals surface area contributed by atoms with Crippen LogP contribution in [0.25, 0.3) is 22.6 Å². The molecule has 0 aliphatic heterocycles. The molecule has 2 N–H and O–H groups in total. The predicted molar refractivity (Wildman–Crippen MR) is 204 cm³/mol. The molecule has 0 radical (unpaired) electrons. The first kappa shape index (κ1) is 33.9. The zero-order valence-electron chi connectivity index (χ0n) is 29.3. The molecule has 7 rings (SSSR count). The molecule has 0 spiro atoms. The molecule has 1 atom stereocenters. The molecule has 1 aliphatic carbocycles. The second-order valence-electron chi connectivity index (χ2n) is 14.0. The van der Waals surface area contributed by atoms with Gasteiger partial charge < -0.3 is 8.99 Å². The fourth-order valence-corrected chi connectivity index (χ4v) is 11.3. The standard InChI is InChI=1S/C40H42N8O2Si/c1-28(26-50-51(40(2,3)4,32-12-7-5-8-13-32)33-14-9-6-10-15-33)48-27-43-47-38(48)35-16-11-17-36(44-35)45-39(49)46-37-24-30(22-23-41-37)31-20-21-34(42-25-31)29-18-19-29/h5-17,20-25,27-29H,18-19,26H2,1-4H3,(H2,41,44,45,46,49)/t28-/m1/s1. The molecule has 0 bridgehead atoms. The Hall–Kier alpha value is -5.52. The van der Waals surface area contributed by atoms with E-state index < -0.39 is 14.3 Å². The fourth-order valence-electron chi connectivity index (χ4n) is 6.60. The molecule has 1 aliphatic rings. The minimum atomic E-state index is -2.74. The van der Waals surface area contributed by atoms with Crippen molar-refractivity contribution < 1.29 is 9.22 Å². The Kier molecular flexibility index (Phi) is 9.57. The van der Waals surface area contributed by atoms with Crippen LogP contribution >= 0.6 is 0 Å².